The van der Waals surface area contributed by atoms with Crippen LogP contribution in [0.1, 0.15) is 20.9 Å². The van der Waals surface area contributed by atoms with E-state index in [1.165, 1.54) is 0 Å². The molecule has 128 valence electrons. The molecule has 0 saturated heterocycles. The predicted molar refractivity (Wildman–Crippen MR) is 104 cm³/mol. The van der Waals surface area contributed by atoms with Crippen molar-refractivity contribution in [3.05, 3.63) is 70.7 Å². The number of hydrogen-bond donors (Lipinski definition) is 1. The minimum absolute atomic E-state index is 0.0700. The Labute approximate surface area is 152 Å². The molecule has 0 bridgehead atoms. The molecule has 0 aliphatic heterocycles. The number of aromatic nitrogens is 1. The van der Waals surface area contributed by atoms with E-state index >= 15 is 0 Å². The van der Waals surface area contributed by atoms with Gasteiger partial charge in [0.2, 0.25) is 0 Å². The fraction of sp³-hybridized carbons (Fsp3) is 0.200. The highest BCUT2D eigenvalue weighted by Crippen LogP contribution is 2.27. The van der Waals surface area contributed by atoms with Gasteiger partial charge in [-0.1, -0.05) is 30.3 Å². The number of benzene rings is 2. The number of carbonyl (C=O) groups excluding carboxylic acids is 1. The fourth-order valence-corrected chi connectivity index (χ4v) is 3.48. The fourth-order valence-electron chi connectivity index (χ4n) is 2.47. The molecule has 1 N–H and O–H groups in total. The highest BCUT2D eigenvalue weighted by atomic mass is 32.1. The molecule has 3 rings (SSSR count). The van der Waals surface area contributed by atoms with Gasteiger partial charge in [0.05, 0.1) is 12.2 Å². The number of hydrogen-bond acceptors (Lipinski definition) is 4. The quantitative estimate of drug-likeness (QED) is 0.752. The lowest BCUT2D eigenvalue weighted by molar-refractivity contribution is 0.0951. The van der Waals surface area contributed by atoms with E-state index in [0.717, 1.165) is 26.8 Å². The van der Waals surface area contributed by atoms with Crippen molar-refractivity contribution in [2.45, 2.75) is 13.5 Å². The van der Waals surface area contributed by atoms with Crippen LogP contribution >= 0.6 is 11.3 Å². The Kier molecular flexibility index (Phi) is 5.14. The Balaban J connectivity index is 1.67. The normalized spacial score (nSPS) is 10.5. The number of amides is 1. The smallest absolute Gasteiger partial charge is 0.251 e. The molecule has 0 aliphatic rings. The maximum Gasteiger partial charge on any atom is 0.251 e. The topological polar surface area (TPSA) is 45.2 Å². The number of thiazole rings is 1. The lowest BCUT2D eigenvalue weighted by Crippen LogP contribution is -2.22. The van der Waals surface area contributed by atoms with Gasteiger partial charge < -0.3 is 10.2 Å². The maximum absolute atomic E-state index is 12.3. The largest absolute Gasteiger partial charge is 0.378 e. The van der Waals surface area contributed by atoms with Gasteiger partial charge in [-0.15, -0.1) is 11.3 Å². The van der Waals surface area contributed by atoms with Gasteiger partial charge in [0, 0.05) is 35.8 Å². The second-order valence-corrected chi connectivity index (χ2v) is 7.10. The van der Waals surface area contributed by atoms with Crippen LogP contribution in [0.3, 0.4) is 0 Å². The zero-order valence-corrected chi connectivity index (χ0v) is 15.4. The van der Waals surface area contributed by atoms with Crippen molar-refractivity contribution >= 4 is 22.9 Å². The van der Waals surface area contributed by atoms with E-state index in [2.05, 4.69) is 10.3 Å². The first kappa shape index (κ1) is 17.2. The van der Waals surface area contributed by atoms with Crippen molar-refractivity contribution in [2.75, 3.05) is 19.0 Å². The van der Waals surface area contributed by atoms with Gasteiger partial charge >= 0.3 is 0 Å². The van der Waals surface area contributed by atoms with Gasteiger partial charge in [0.25, 0.3) is 5.91 Å². The highest BCUT2D eigenvalue weighted by molar-refractivity contribution is 7.15. The first-order valence-corrected chi connectivity index (χ1v) is 8.93. The van der Waals surface area contributed by atoms with Crippen LogP contribution in [0.2, 0.25) is 0 Å². The van der Waals surface area contributed by atoms with Crippen molar-refractivity contribution in [3.63, 3.8) is 0 Å². The Hall–Kier alpha value is -2.66. The lowest BCUT2D eigenvalue weighted by atomic mass is 10.2. The van der Waals surface area contributed by atoms with E-state index in [1.807, 2.05) is 80.5 Å². The standard InChI is InChI=1S/C20H21N3OS/c1-14-18(25-20(22-14)16-7-5-4-6-8-16)13-21-19(24)15-9-11-17(12-10-15)23(2)3/h4-12H,13H2,1-3H3,(H,21,24). The molecule has 4 nitrogen and oxygen atoms in total. The summed E-state index contributed by atoms with van der Waals surface area (Å²) in [5.41, 5.74) is 3.80. The van der Waals surface area contributed by atoms with Gasteiger partial charge in [0.15, 0.2) is 0 Å². The first-order chi connectivity index (χ1) is 12.0. The summed E-state index contributed by atoms with van der Waals surface area (Å²) >= 11 is 1.62. The number of aryl methyl sites for hydroxylation is 1. The first-order valence-electron chi connectivity index (χ1n) is 8.12. The monoisotopic (exact) mass is 351 g/mol. The summed E-state index contributed by atoms with van der Waals surface area (Å²) in [5.74, 6) is -0.0700. The van der Waals surface area contributed by atoms with E-state index in [-0.39, 0.29) is 5.91 Å². The average Bonchev–Trinajstić information content (AvgIpc) is 3.01. The van der Waals surface area contributed by atoms with E-state index in [1.54, 1.807) is 11.3 Å². The van der Waals surface area contributed by atoms with Gasteiger partial charge in [0.1, 0.15) is 5.01 Å². The summed E-state index contributed by atoms with van der Waals surface area (Å²) in [6, 6.07) is 17.7. The molecule has 0 atom stereocenters. The van der Waals surface area contributed by atoms with Gasteiger partial charge in [-0.3, -0.25) is 4.79 Å². The zero-order chi connectivity index (χ0) is 17.8. The number of anilines is 1. The zero-order valence-electron chi connectivity index (χ0n) is 14.6. The van der Waals surface area contributed by atoms with Crippen LogP contribution in [0.5, 0.6) is 0 Å². The minimum atomic E-state index is -0.0700. The third-order valence-corrected chi connectivity index (χ3v) is 5.18. The summed E-state index contributed by atoms with van der Waals surface area (Å²) in [6.45, 7) is 2.47. The molecule has 0 spiro atoms. The van der Waals surface area contributed by atoms with Crippen LogP contribution in [-0.2, 0) is 6.54 Å². The van der Waals surface area contributed by atoms with Crippen LogP contribution in [0.25, 0.3) is 10.6 Å². The summed E-state index contributed by atoms with van der Waals surface area (Å²) in [5, 5.41) is 3.97. The van der Waals surface area contributed by atoms with E-state index in [0.29, 0.717) is 12.1 Å². The third kappa shape index (κ3) is 4.06. The molecular weight excluding hydrogens is 330 g/mol. The average molecular weight is 351 g/mol. The summed E-state index contributed by atoms with van der Waals surface area (Å²) in [4.78, 5) is 20.1. The van der Waals surface area contributed by atoms with E-state index < -0.39 is 0 Å². The molecule has 3 aromatic rings. The van der Waals surface area contributed by atoms with Crippen molar-refractivity contribution in [2.24, 2.45) is 0 Å². The molecule has 0 unspecified atom stereocenters. The van der Waals surface area contributed by atoms with Crippen LogP contribution in [0.4, 0.5) is 5.69 Å². The van der Waals surface area contributed by atoms with Crippen LogP contribution in [0, 0.1) is 6.92 Å². The summed E-state index contributed by atoms with van der Waals surface area (Å²) in [7, 11) is 3.96. The number of nitrogens with one attached hydrogen (secondary N) is 1. The lowest BCUT2D eigenvalue weighted by Gasteiger charge is -2.12. The SMILES string of the molecule is Cc1nc(-c2ccccc2)sc1CNC(=O)c1ccc(N(C)C)cc1. The van der Waals surface area contributed by atoms with Gasteiger partial charge in [-0.25, -0.2) is 4.98 Å². The molecule has 1 amide bonds. The van der Waals surface area contributed by atoms with Crippen LogP contribution < -0.4 is 10.2 Å². The second kappa shape index (κ2) is 7.49. The van der Waals surface area contributed by atoms with Crippen molar-refractivity contribution in [1.82, 2.24) is 10.3 Å². The molecule has 1 aromatic heterocycles. The number of nitrogens with zero attached hydrogens (tertiary/aromatic N) is 2. The molecule has 5 heteroatoms. The Morgan fingerprint density at radius 3 is 2.40 bits per heavy atom. The van der Waals surface area contributed by atoms with E-state index in [4.69, 9.17) is 0 Å². The second-order valence-electron chi connectivity index (χ2n) is 6.02. The molecule has 2 aromatic carbocycles. The van der Waals surface area contributed by atoms with E-state index in [9.17, 15) is 4.79 Å². The maximum atomic E-state index is 12.3. The Morgan fingerprint density at radius 2 is 1.76 bits per heavy atom. The molecule has 1 heterocycles. The number of carbonyl (C=O) groups is 1. The third-order valence-electron chi connectivity index (χ3n) is 3.97. The highest BCUT2D eigenvalue weighted by Gasteiger charge is 2.11. The Morgan fingerprint density at radius 1 is 1.08 bits per heavy atom. The Bertz CT molecular complexity index is 854. The molecule has 0 saturated carbocycles. The molecule has 0 fully saturated rings. The molecule has 0 radical (unpaired) electrons. The van der Waals surface area contributed by atoms with Gasteiger partial charge in [-0.05, 0) is 31.2 Å². The van der Waals surface area contributed by atoms with Crippen molar-refractivity contribution in [3.8, 4) is 10.6 Å². The van der Waals surface area contributed by atoms with Crippen LogP contribution in [-0.4, -0.2) is 25.0 Å². The minimum Gasteiger partial charge on any atom is -0.378 e. The molecule has 0 aliphatic carbocycles. The summed E-state index contributed by atoms with van der Waals surface area (Å²) < 4.78 is 0. The van der Waals surface area contributed by atoms with Crippen molar-refractivity contribution < 1.29 is 4.79 Å². The molecular formula is C20H21N3OS. The van der Waals surface area contributed by atoms with Crippen molar-refractivity contribution in [1.29, 1.82) is 0 Å². The number of rotatable bonds is 5. The van der Waals surface area contributed by atoms with Gasteiger partial charge in [-0.2, -0.15) is 0 Å². The van der Waals surface area contributed by atoms with Crippen LogP contribution in [0.15, 0.2) is 54.6 Å². The molecule has 25 heavy (non-hydrogen) atoms. The summed E-state index contributed by atoms with van der Waals surface area (Å²) in [6.07, 6.45) is 0. The predicted octanol–water partition coefficient (Wildman–Crippen LogP) is 4.11.